The maximum Gasteiger partial charge on any atom is 0.176 e. The Labute approximate surface area is 90.6 Å². The predicted octanol–water partition coefficient (Wildman–Crippen LogP) is 1.81. The number of anilines is 1. The van der Waals surface area contributed by atoms with Crippen molar-refractivity contribution < 1.29 is 9.47 Å². The lowest BCUT2D eigenvalue weighted by molar-refractivity contribution is -0.109. The molecule has 1 aromatic heterocycles. The summed E-state index contributed by atoms with van der Waals surface area (Å²) in [6, 6.07) is 4.02. The molecule has 0 saturated carbocycles. The van der Waals surface area contributed by atoms with Crippen molar-refractivity contribution in [1.29, 1.82) is 0 Å². The van der Waals surface area contributed by atoms with E-state index in [0.717, 1.165) is 11.4 Å². The van der Waals surface area contributed by atoms with Gasteiger partial charge in [-0.05, 0) is 26.0 Å². The summed E-state index contributed by atoms with van der Waals surface area (Å²) in [7, 11) is 3.25. The Balaban J connectivity index is 2.57. The fourth-order valence-electron chi connectivity index (χ4n) is 1.39. The lowest BCUT2D eigenvalue weighted by Gasteiger charge is -2.22. The quantitative estimate of drug-likeness (QED) is 0.753. The Morgan fingerprint density at radius 2 is 1.93 bits per heavy atom. The van der Waals surface area contributed by atoms with E-state index in [2.05, 4.69) is 10.3 Å². The van der Waals surface area contributed by atoms with E-state index in [-0.39, 0.29) is 12.3 Å². The lowest BCUT2D eigenvalue weighted by atomic mass is 10.3. The first-order valence-electron chi connectivity index (χ1n) is 4.92. The summed E-state index contributed by atoms with van der Waals surface area (Å²) in [5.74, 6) is 0. The monoisotopic (exact) mass is 210 g/mol. The van der Waals surface area contributed by atoms with E-state index < -0.39 is 0 Å². The number of pyridine rings is 1. The van der Waals surface area contributed by atoms with E-state index in [1.54, 1.807) is 20.4 Å². The summed E-state index contributed by atoms with van der Waals surface area (Å²) in [6.07, 6.45) is 1.54. The smallest absolute Gasteiger partial charge is 0.176 e. The van der Waals surface area contributed by atoms with Crippen molar-refractivity contribution in [2.45, 2.75) is 26.2 Å². The Bertz CT molecular complexity index is 283. The second kappa shape index (κ2) is 5.68. The van der Waals surface area contributed by atoms with Gasteiger partial charge >= 0.3 is 0 Å². The van der Waals surface area contributed by atoms with Crippen LogP contribution in [0.4, 0.5) is 5.69 Å². The number of nitrogens with zero attached hydrogens (tertiary/aromatic N) is 1. The minimum absolute atomic E-state index is 0.0736. The van der Waals surface area contributed by atoms with Crippen molar-refractivity contribution in [3.63, 3.8) is 0 Å². The minimum atomic E-state index is -0.258. The third-order valence-corrected chi connectivity index (χ3v) is 2.18. The number of methoxy groups -OCH3 is 2. The molecular weight excluding hydrogens is 192 g/mol. The van der Waals surface area contributed by atoms with Crippen LogP contribution in [0.15, 0.2) is 18.3 Å². The molecule has 0 spiro atoms. The van der Waals surface area contributed by atoms with Crippen LogP contribution in [0.1, 0.15) is 12.6 Å². The van der Waals surface area contributed by atoms with Crippen LogP contribution in [-0.4, -0.2) is 31.5 Å². The molecule has 15 heavy (non-hydrogen) atoms. The minimum Gasteiger partial charge on any atom is -0.376 e. The molecule has 1 rings (SSSR count). The van der Waals surface area contributed by atoms with Crippen molar-refractivity contribution >= 4 is 5.69 Å². The molecule has 4 nitrogen and oxygen atoms in total. The SMILES string of the molecule is COC(OC)C(C)Nc1ccc(C)nc1. The standard InChI is InChI=1S/C11H18N2O2/c1-8-5-6-10(7-12-8)13-9(2)11(14-3)15-4/h5-7,9,11,13H,1-4H3. The van der Waals surface area contributed by atoms with Crippen LogP contribution in [0.3, 0.4) is 0 Å². The molecule has 84 valence electrons. The van der Waals surface area contributed by atoms with Crippen molar-refractivity contribution in [2.75, 3.05) is 19.5 Å². The normalized spacial score (nSPS) is 12.9. The Kier molecular flexibility index (Phi) is 4.52. The summed E-state index contributed by atoms with van der Waals surface area (Å²) in [5.41, 5.74) is 1.97. The third kappa shape index (κ3) is 3.49. The van der Waals surface area contributed by atoms with Gasteiger partial charge in [-0.2, -0.15) is 0 Å². The first kappa shape index (κ1) is 11.9. The molecule has 1 heterocycles. The van der Waals surface area contributed by atoms with E-state index >= 15 is 0 Å². The second-order valence-electron chi connectivity index (χ2n) is 3.46. The van der Waals surface area contributed by atoms with E-state index in [0.29, 0.717) is 0 Å². The average Bonchev–Trinajstić information content (AvgIpc) is 2.23. The summed E-state index contributed by atoms with van der Waals surface area (Å²) in [6.45, 7) is 3.96. The number of aryl methyl sites for hydroxylation is 1. The highest BCUT2D eigenvalue weighted by atomic mass is 16.7. The van der Waals surface area contributed by atoms with Gasteiger partial charge in [-0.25, -0.2) is 0 Å². The molecule has 4 heteroatoms. The number of nitrogens with one attached hydrogen (secondary N) is 1. The maximum atomic E-state index is 5.15. The fraction of sp³-hybridized carbons (Fsp3) is 0.545. The van der Waals surface area contributed by atoms with Gasteiger partial charge in [0.15, 0.2) is 6.29 Å². The van der Waals surface area contributed by atoms with Crippen LogP contribution in [0, 0.1) is 6.92 Å². The molecule has 1 atom stereocenters. The first-order chi connectivity index (χ1) is 7.17. The molecule has 0 aromatic carbocycles. The highest BCUT2D eigenvalue weighted by Gasteiger charge is 2.15. The van der Waals surface area contributed by atoms with Gasteiger partial charge in [0.2, 0.25) is 0 Å². The molecule has 0 fully saturated rings. The highest BCUT2D eigenvalue weighted by molar-refractivity contribution is 5.41. The number of hydrogen-bond acceptors (Lipinski definition) is 4. The van der Waals surface area contributed by atoms with Gasteiger partial charge in [-0.15, -0.1) is 0 Å². The fourth-order valence-corrected chi connectivity index (χ4v) is 1.39. The van der Waals surface area contributed by atoms with Crippen molar-refractivity contribution in [2.24, 2.45) is 0 Å². The van der Waals surface area contributed by atoms with Crippen LogP contribution in [0.2, 0.25) is 0 Å². The van der Waals surface area contributed by atoms with Crippen LogP contribution in [-0.2, 0) is 9.47 Å². The lowest BCUT2D eigenvalue weighted by Crippen LogP contribution is -2.33. The first-order valence-corrected chi connectivity index (χ1v) is 4.92. The van der Waals surface area contributed by atoms with Crippen molar-refractivity contribution in [3.8, 4) is 0 Å². The average molecular weight is 210 g/mol. The molecule has 0 aliphatic heterocycles. The number of aromatic nitrogens is 1. The van der Waals surface area contributed by atoms with E-state index in [9.17, 15) is 0 Å². The molecular formula is C11H18N2O2. The van der Waals surface area contributed by atoms with Gasteiger partial charge in [0.05, 0.1) is 17.9 Å². The second-order valence-corrected chi connectivity index (χ2v) is 3.46. The van der Waals surface area contributed by atoms with E-state index in [4.69, 9.17) is 9.47 Å². The largest absolute Gasteiger partial charge is 0.376 e. The van der Waals surface area contributed by atoms with Gasteiger partial charge in [-0.3, -0.25) is 4.98 Å². The zero-order valence-corrected chi connectivity index (χ0v) is 9.65. The van der Waals surface area contributed by atoms with Gasteiger partial charge in [-0.1, -0.05) is 0 Å². The molecule has 0 aliphatic rings. The van der Waals surface area contributed by atoms with Crippen LogP contribution < -0.4 is 5.32 Å². The number of rotatable bonds is 5. The van der Waals surface area contributed by atoms with Crippen molar-refractivity contribution in [3.05, 3.63) is 24.0 Å². The van der Waals surface area contributed by atoms with Gasteiger partial charge < -0.3 is 14.8 Å². The molecule has 0 saturated heterocycles. The predicted molar refractivity (Wildman–Crippen MR) is 59.9 cm³/mol. The number of hydrogen-bond donors (Lipinski definition) is 1. The molecule has 0 aliphatic carbocycles. The van der Waals surface area contributed by atoms with Gasteiger partial charge in [0.1, 0.15) is 0 Å². The summed E-state index contributed by atoms with van der Waals surface area (Å²) < 4.78 is 10.3. The molecule has 1 unspecified atom stereocenters. The van der Waals surface area contributed by atoms with Gasteiger partial charge in [0, 0.05) is 19.9 Å². The Morgan fingerprint density at radius 3 is 2.40 bits per heavy atom. The zero-order chi connectivity index (χ0) is 11.3. The topological polar surface area (TPSA) is 43.4 Å². The molecule has 1 N–H and O–H groups in total. The zero-order valence-electron chi connectivity index (χ0n) is 9.65. The highest BCUT2D eigenvalue weighted by Crippen LogP contribution is 2.10. The van der Waals surface area contributed by atoms with Crippen LogP contribution >= 0.6 is 0 Å². The molecule has 0 bridgehead atoms. The van der Waals surface area contributed by atoms with E-state index in [1.165, 1.54) is 0 Å². The maximum absolute atomic E-state index is 5.15. The molecule has 1 aromatic rings. The Morgan fingerprint density at radius 1 is 1.27 bits per heavy atom. The summed E-state index contributed by atoms with van der Waals surface area (Å²) in [5, 5.41) is 3.26. The van der Waals surface area contributed by atoms with Crippen LogP contribution in [0.25, 0.3) is 0 Å². The molecule has 0 amide bonds. The third-order valence-electron chi connectivity index (χ3n) is 2.18. The Hall–Kier alpha value is -1.13. The molecule has 0 radical (unpaired) electrons. The van der Waals surface area contributed by atoms with E-state index in [1.807, 2.05) is 26.0 Å². The van der Waals surface area contributed by atoms with Crippen molar-refractivity contribution in [1.82, 2.24) is 4.98 Å². The summed E-state index contributed by atoms with van der Waals surface area (Å²) in [4.78, 5) is 4.20. The van der Waals surface area contributed by atoms with Crippen LogP contribution in [0.5, 0.6) is 0 Å². The van der Waals surface area contributed by atoms with Gasteiger partial charge in [0.25, 0.3) is 0 Å². The number of ether oxygens (including phenoxy) is 2. The summed E-state index contributed by atoms with van der Waals surface area (Å²) >= 11 is 0.